The largest absolute Gasteiger partial charge is 0.495 e. The first-order chi connectivity index (χ1) is 8.15. The molecule has 0 spiro atoms. The number of aromatic nitrogens is 2. The molecule has 5 heteroatoms. The fraction of sp³-hybridized carbons (Fsp3) is 0.250. The molecule has 0 saturated carbocycles. The van der Waals surface area contributed by atoms with Gasteiger partial charge in [0.05, 0.1) is 36.4 Å². The van der Waals surface area contributed by atoms with Gasteiger partial charge in [0, 0.05) is 18.3 Å². The smallest absolute Gasteiger partial charge is 0.144 e. The Hall–Kier alpha value is -1.49. The van der Waals surface area contributed by atoms with Gasteiger partial charge in [0.25, 0.3) is 0 Å². The Labute approximate surface area is 108 Å². The predicted octanol–water partition coefficient (Wildman–Crippen LogP) is 2.96. The lowest BCUT2D eigenvalue weighted by Gasteiger charge is -2.12. The summed E-state index contributed by atoms with van der Waals surface area (Å²) in [4.78, 5) is 4.20. The number of hydrogen-bond donors (Lipinski definition) is 0. The Morgan fingerprint density at radius 1 is 1.18 bits per heavy atom. The van der Waals surface area contributed by atoms with E-state index in [9.17, 15) is 0 Å². The summed E-state index contributed by atoms with van der Waals surface area (Å²) in [6, 6.07) is 3.79. The molecular formula is C12H13BrN2O2. The van der Waals surface area contributed by atoms with Crippen LogP contribution in [0.15, 0.2) is 29.1 Å². The molecule has 0 saturated heterocycles. The Morgan fingerprint density at radius 3 is 2.41 bits per heavy atom. The van der Waals surface area contributed by atoms with Crippen molar-refractivity contribution in [3.8, 4) is 17.2 Å². The minimum atomic E-state index is 0.757. The molecular weight excluding hydrogens is 284 g/mol. The van der Waals surface area contributed by atoms with E-state index in [-0.39, 0.29) is 0 Å². The SMILES string of the molecule is COc1cc(-n2cnc(C)c2)c(OC)cc1Br. The standard InChI is InChI=1S/C12H13BrN2O2/c1-8-6-15(7-14-8)10-5-11(16-2)9(13)4-12(10)17-3/h4-7H,1-3H3. The van der Waals surface area contributed by atoms with Crippen molar-refractivity contribution in [1.82, 2.24) is 9.55 Å². The molecule has 1 heterocycles. The molecule has 0 N–H and O–H groups in total. The zero-order chi connectivity index (χ0) is 12.4. The number of nitrogens with zero attached hydrogens (tertiary/aromatic N) is 2. The van der Waals surface area contributed by atoms with E-state index in [2.05, 4.69) is 20.9 Å². The summed E-state index contributed by atoms with van der Waals surface area (Å²) in [6.07, 6.45) is 3.69. The number of benzene rings is 1. The number of rotatable bonds is 3. The zero-order valence-corrected chi connectivity index (χ0v) is 11.5. The van der Waals surface area contributed by atoms with E-state index in [4.69, 9.17) is 9.47 Å². The molecule has 2 rings (SSSR count). The molecule has 90 valence electrons. The van der Waals surface area contributed by atoms with Crippen molar-refractivity contribution in [2.24, 2.45) is 0 Å². The van der Waals surface area contributed by atoms with E-state index in [1.165, 1.54) is 0 Å². The number of methoxy groups -OCH3 is 2. The van der Waals surface area contributed by atoms with Crippen molar-refractivity contribution in [1.29, 1.82) is 0 Å². The van der Waals surface area contributed by atoms with Gasteiger partial charge in [-0.15, -0.1) is 0 Å². The summed E-state index contributed by atoms with van der Waals surface area (Å²) < 4.78 is 13.4. The normalized spacial score (nSPS) is 10.4. The van der Waals surface area contributed by atoms with Gasteiger partial charge in [0.2, 0.25) is 0 Å². The molecule has 0 aliphatic heterocycles. The van der Waals surface area contributed by atoms with E-state index in [0.29, 0.717) is 0 Å². The summed E-state index contributed by atoms with van der Waals surface area (Å²) in [5, 5.41) is 0. The van der Waals surface area contributed by atoms with Crippen LogP contribution in [0.4, 0.5) is 0 Å². The average Bonchev–Trinajstić information content (AvgIpc) is 2.75. The van der Waals surface area contributed by atoms with Crippen molar-refractivity contribution in [3.05, 3.63) is 34.8 Å². The van der Waals surface area contributed by atoms with Gasteiger partial charge in [-0.1, -0.05) is 0 Å². The van der Waals surface area contributed by atoms with E-state index < -0.39 is 0 Å². The van der Waals surface area contributed by atoms with Crippen molar-refractivity contribution in [3.63, 3.8) is 0 Å². The first-order valence-electron chi connectivity index (χ1n) is 5.08. The number of imidazole rings is 1. The van der Waals surface area contributed by atoms with Crippen LogP contribution in [0.3, 0.4) is 0 Å². The predicted molar refractivity (Wildman–Crippen MR) is 69.1 cm³/mol. The Morgan fingerprint density at radius 2 is 1.88 bits per heavy atom. The maximum absolute atomic E-state index is 5.36. The number of halogens is 1. The van der Waals surface area contributed by atoms with Crippen LogP contribution in [-0.4, -0.2) is 23.8 Å². The second-order valence-corrected chi connectivity index (χ2v) is 4.44. The van der Waals surface area contributed by atoms with Crippen molar-refractivity contribution in [2.75, 3.05) is 14.2 Å². The lowest BCUT2D eigenvalue weighted by Crippen LogP contribution is -1.97. The molecule has 0 aliphatic carbocycles. The van der Waals surface area contributed by atoms with E-state index in [1.54, 1.807) is 20.5 Å². The van der Waals surface area contributed by atoms with Crippen LogP contribution in [0.2, 0.25) is 0 Å². The van der Waals surface area contributed by atoms with E-state index in [1.807, 2.05) is 29.8 Å². The first-order valence-corrected chi connectivity index (χ1v) is 5.87. The fourth-order valence-electron chi connectivity index (χ4n) is 1.60. The summed E-state index contributed by atoms with van der Waals surface area (Å²) in [7, 11) is 3.27. The second-order valence-electron chi connectivity index (χ2n) is 3.58. The highest BCUT2D eigenvalue weighted by atomic mass is 79.9. The van der Waals surface area contributed by atoms with Gasteiger partial charge in [-0.3, -0.25) is 0 Å². The molecule has 0 bridgehead atoms. The van der Waals surface area contributed by atoms with Crippen molar-refractivity contribution in [2.45, 2.75) is 6.92 Å². The van der Waals surface area contributed by atoms with Crippen LogP contribution in [0.5, 0.6) is 11.5 Å². The first kappa shape index (κ1) is 12.0. The number of aryl methyl sites for hydroxylation is 1. The van der Waals surface area contributed by atoms with E-state index >= 15 is 0 Å². The molecule has 1 aromatic heterocycles. The fourth-order valence-corrected chi connectivity index (χ4v) is 2.08. The molecule has 0 amide bonds. The topological polar surface area (TPSA) is 36.3 Å². The molecule has 4 nitrogen and oxygen atoms in total. The highest BCUT2D eigenvalue weighted by molar-refractivity contribution is 9.10. The quantitative estimate of drug-likeness (QED) is 0.874. The van der Waals surface area contributed by atoms with Crippen LogP contribution in [0.25, 0.3) is 5.69 Å². The van der Waals surface area contributed by atoms with Crippen molar-refractivity contribution >= 4 is 15.9 Å². The molecule has 0 fully saturated rings. The van der Waals surface area contributed by atoms with Crippen LogP contribution in [0.1, 0.15) is 5.69 Å². The van der Waals surface area contributed by atoms with Gasteiger partial charge in [-0.25, -0.2) is 4.98 Å². The van der Waals surface area contributed by atoms with Crippen LogP contribution in [-0.2, 0) is 0 Å². The van der Waals surface area contributed by atoms with Crippen LogP contribution >= 0.6 is 15.9 Å². The van der Waals surface area contributed by atoms with E-state index in [0.717, 1.165) is 27.4 Å². The molecule has 1 aromatic carbocycles. The van der Waals surface area contributed by atoms with Gasteiger partial charge in [0.15, 0.2) is 0 Å². The maximum atomic E-state index is 5.36. The number of ether oxygens (including phenoxy) is 2. The number of hydrogen-bond acceptors (Lipinski definition) is 3. The third-order valence-corrected chi connectivity index (χ3v) is 3.06. The monoisotopic (exact) mass is 296 g/mol. The molecule has 0 aliphatic rings. The minimum Gasteiger partial charge on any atom is -0.495 e. The Bertz CT molecular complexity index is 537. The summed E-state index contributed by atoms with van der Waals surface area (Å²) in [6.45, 7) is 1.94. The third-order valence-electron chi connectivity index (χ3n) is 2.44. The Balaban J connectivity index is 2.58. The lowest BCUT2D eigenvalue weighted by atomic mass is 10.2. The summed E-state index contributed by atoms with van der Waals surface area (Å²) in [5.74, 6) is 1.52. The summed E-state index contributed by atoms with van der Waals surface area (Å²) >= 11 is 3.43. The maximum Gasteiger partial charge on any atom is 0.144 e. The lowest BCUT2D eigenvalue weighted by molar-refractivity contribution is 0.399. The van der Waals surface area contributed by atoms with Gasteiger partial charge in [-0.2, -0.15) is 0 Å². The molecule has 0 radical (unpaired) electrons. The zero-order valence-electron chi connectivity index (χ0n) is 9.90. The van der Waals surface area contributed by atoms with Crippen LogP contribution < -0.4 is 9.47 Å². The molecule has 17 heavy (non-hydrogen) atoms. The molecule has 0 atom stereocenters. The van der Waals surface area contributed by atoms with Gasteiger partial charge >= 0.3 is 0 Å². The van der Waals surface area contributed by atoms with Gasteiger partial charge in [-0.05, 0) is 22.9 Å². The second kappa shape index (κ2) is 4.79. The van der Waals surface area contributed by atoms with Crippen molar-refractivity contribution < 1.29 is 9.47 Å². The molecule has 0 unspecified atom stereocenters. The highest BCUT2D eigenvalue weighted by Crippen LogP contribution is 2.34. The van der Waals surface area contributed by atoms with Gasteiger partial charge in [0.1, 0.15) is 11.5 Å². The molecule has 2 aromatic rings. The minimum absolute atomic E-state index is 0.757. The average molecular weight is 297 g/mol. The van der Waals surface area contributed by atoms with Crippen LogP contribution in [0, 0.1) is 6.92 Å². The summed E-state index contributed by atoms with van der Waals surface area (Å²) in [5.41, 5.74) is 1.85. The van der Waals surface area contributed by atoms with Gasteiger partial charge < -0.3 is 14.0 Å². The Kier molecular flexibility index (Phi) is 3.38. The highest BCUT2D eigenvalue weighted by Gasteiger charge is 2.11. The third kappa shape index (κ3) is 2.29.